The molecule has 0 heterocycles. The molecule has 0 saturated heterocycles. The van der Waals surface area contributed by atoms with Crippen molar-refractivity contribution in [3.8, 4) is 0 Å². The lowest BCUT2D eigenvalue weighted by Gasteiger charge is -2.26. The number of rotatable bonds is 4. The zero-order valence-corrected chi connectivity index (χ0v) is 13.6. The molecule has 8 heteroatoms. The van der Waals surface area contributed by atoms with E-state index in [2.05, 4.69) is 0 Å². The van der Waals surface area contributed by atoms with Crippen LogP contribution in [-0.2, 0) is 20.0 Å². The van der Waals surface area contributed by atoms with Crippen LogP contribution in [0.15, 0.2) is 34.1 Å². The summed E-state index contributed by atoms with van der Waals surface area (Å²) in [5.74, 6) is 0. The molecule has 0 unspecified atom stereocenters. The molecular weight excluding hydrogens is 300 g/mol. The van der Waals surface area contributed by atoms with Crippen LogP contribution in [0.1, 0.15) is 20.8 Å². The molecule has 0 aliphatic rings. The first-order valence-corrected chi connectivity index (χ1v) is 8.92. The zero-order valence-electron chi connectivity index (χ0n) is 12.0. The van der Waals surface area contributed by atoms with Crippen molar-refractivity contribution in [1.82, 2.24) is 4.31 Å². The third-order valence-electron chi connectivity index (χ3n) is 2.54. The summed E-state index contributed by atoms with van der Waals surface area (Å²) >= 11 is 0. The van der Waals surface area contributed by atoms with E-state index >= 15 is 0 Å². The van der Waals surface area contributed by atoms with Crippen LogP contribution in [0.3, 0.4) is 0 Å². The number of hydrogen-bond acceptors (Lipinski definition) is 4. The lowest BCUT2D eigenvalue weighted by molar-refractivity contribution is 0.310. The van der Waals surface area contributed by atoms with Gasteiger partial charge in [-0.2, -0.15) is 0 Å². The summed E-state index contributed by atoms with van der Waals surface area (Å²) < 4.78 is 48.5. The van der Waals surface area contributed by atoms with Gasteiger partial charge in [-0.3, -0.25) is 0 Å². The Balaban J connectivity index is 3.24. The molecule has 0 saturated carbocycles. The Bertz CT molecular complexity index is 688. The molecular formula is C12H20N2O4S2. The van der Waals surface area contributed by atoms with Crippen LogP contribution in [0.2, 0.25) is 0 Å². The van der Waals surface area contributed by atoms with Gasteiger partial charge < -0.3 is 0 Å². The molecule has 114 valence electrons. The Morgan fingerprint density at radius 1 is 1.10 bits per heavy atom. The third-order valence-corrected chi connectivity index (χ3v) is 5.25. The van der Waals surface area contributed by atoms with Gasteiger partial charge in [0.15, 0.2) is 0 Å². The van der Waals surface area contributed by atoms with Crippen LogP contribution in [-0.4, -0.2) is 34.7 Å². The van der Waals surface area contributed by atoms with Crippen molar-refractivity contribution in [2.24, 2.45) is 10.6 Å². The van der Waals surface area contributed by atoms with Gasteiger partial charge in [-0.15, -0.1) is 0 Å². The van der Waals surface area contributed by atoms with Gasteiger partial charge in [0.05, 0.1) is 9.79 Å². The fraction of sp³-hybridized carbons (Fsp3) is 0.500. The molecule has 0 spiro atoms. The van der Waals surface area contributed by atoms with Gasteiger partial charge in [0.1, 0.15) is 0 Å². The van der Waals surface area contributed by atoms with Crippen molar-refractivity contribution in [3.05, 3.63) is 24.3 Å². The van der Waals surface area contributed by atoms with Crippen molar-refractivity contribution < 1.29 is 16.8 Å². The molecule has 0 aliphatic heterocycles. The summed E-state index contributed by atoms with van der Waals surface area (Å²) in [7, 11) is -6.21. The summed E-state index contributed by atoms with van der Waals surface area (Å²) in [6.07, 6.45) is 0. The van der Waals surface area contributed by atoms with Crippen LogP contribution < -0.4 is 5.14 Å². The molecule has 2 N–H and O–H groups in total. The van der Waals surface area contributed by atoms with Gasteiger partial charge in [-0.05, 0) is 23.6 Å². The predicted octanol–water partition coefficient (Wildman–Crippen LogP) is 1.00. The number of nitrogens with zero attached hydrogens (tertiary/aromatic N) is 1. The molecule has 1 aromatic rings. The molecule has 0 amide bonds. The number of nitrogens with two attached hydrogens (primary N) is 1. The van der Waals surface area contributed by atoms with E-state index in [1.54, 1.807) is 0 Å². The molecule has 1 aromatic carbocycles. The summed E-state index contributed by atoms with van der Waals surface area (Å²) in [4.78, 5) is -0.307. The Hall–Kier alpha value is -0.960. The average molecular weight is 320 g/mol. The van der Waals surface area contributed by atoms with Crippen molar-refractivity contribution >= 4 is 20.0 Å². The van der Waals surface area contributed by atoms with E-state index in [0.29, 0.717) is 6.54 Å². The predicted molar refractivity (Wildman–Crippen MR) is 77.1 cm³/mol. The molecule has 20 heavy (non-hydrogen) atoms. The SMILES string of the molecule is CN(CC(C)(C)C)S(=O)(=O)c1cccc(S(N)(=O)=O)c1. The fourth-order valence-corrected chi connectivity index (χ4v) is 3.82. The molecule has 0 fully saturated rings. The number of hydrogen-bond donors (Lipinski definition) is 1. The maximum Gasteiger partial charge on any atom is 0.242 e. The largest absolute Gasteiger partial charge is 0.242 e. The maximum atomic E-state index is 12.4. The van der Waals surface area contributed by atoms with Gasteiger partial charge in [-0.25, -0.2) is 26.3 Å². The van der Waals surface area contributed by atoms with E-state index in [-0.39, 0.29) is 15.2 Å². The third kappa shape index (κ3) is 4.27. The Morgan fingerprint density at radius 3 is 2.05 bits per heavy atom. The summed E-state index contributed by atoms with van der Waals surface area (Å²) in [5, 5.41) is 5.01. The Morgan fingerprint density at radius 2 is 1.60 bits per heavy atom. The summed E-state index contributed by atoms with van der Waals surface area (Å²) in [5.41, 5.74) is -0.209. The minimum Gasteiger partial charge on any atom is -0.225 e. The molecule has 1 rings (SSSR count). The van der Waals surface area contributed by atoms with Crippen molar-refractivity contribution in [1.29, 1.82) is 0 Å². The number of benzene rings is 1. The van der Waals surface area contributed by atoms with Crippen molar-refractivity contribution in [2.45, 2.75) is 30.6 Å². The molecule has 0 aromatic heterocycles. The van der Waals surface area contributed by atoms with Gasteiger partial charge >= 0.3 is 0 Å². The highest BCUT2D eigenvalue weighted by molar-refractivity contribution is 7.90. The van der Waals surface area contributed by atoms with Crippen LogP contribution in [0.25, 0.3) is 0 Å². The number of sulfonamides is 2. The van der Waals surface area contributed by atoms with Gasteiger partial charge in [-0.1, -0.05) is 26.8 Å². The van der Waals surface area contributed by atoms with E-state index < -0.39 is 20.0 Å². The summed E-state index contributed by atoms with van der Waals surface area (Å²) in [6, 6.07) is 5.04. The highest BCUT2D eigenvalue weighted by Crippen LogP contribution is 2.22. The van der Waals surface area contributed by atoms with E-state index in [1.807, 2.05) is 20.8 Å². The van der Waals surface area contributed by atoms with Crippen molar-refractivity contribution in [2.75, 3.05) is 13.6 Å². The van der Waals surface area contributed by atoms with E-state index in [4.69, 9.17) is 5.14 Å². The first-order chi connectivity index (χ1) is 8.84. The minimum atomic E-state index is -3.93. The van der Waals surface area contributed by atoms with Crippen LogP contribution >= 0.6 is 0 Å². The Kier molecular flexibility index (Phi) is 4.65. The normalized spacial score (nSPS) is 13.7. The van der Waals surface area contributed by atoms with Gasteiger partial charge in [0.2, 0.25) is 20.0 Å². The second-order valence-corrected chi connectivity index (χ2v) is 9.45. The highest BCUT2D eigenvalue weighted by atomic mass is 32.2. The molecule has 0 atom stereocenters. The quantitative estimate of drug-likeness (QED) is 0.895. The van der Waals surface area contributed by atoms with Crippen molar-refractivity contribution in [3.63, 3.8) is 0 Å². The number of primary sulfonamides is 1. The second kappa shape index (κ2) is 5.44. The van der Waals surface area contributed by atoms with Crippen LogP contribution in [0.5, 0.6) is 0 Å². The monoisotopic (exact) mass is 320 g/mol. The smallest absolute Gasteiger partial charge is 0.225 e. The lowest BCUT2D eigenvalue weighted by Crippen LogP contribution is -2.34. The van der Waals surface area contributed by atoms with Crippen LogP contribution in [0, 0.1) is 5.41 Å². The Labute approximate surface area is 120 Å². The highest BCUT2D eigenvalue weighted by Gasteiger charge is 2.26. The maximum absolute atomic E-state index is 12.4. The molecule has 0 bridgehead atoms. The van der Waals surface area contributed by atoms with E-state index in [1.165, 1.54) is 29.6 Å². The molecule has 0 aliphatic carbocycles. The van der Waals surface area contributed by atoms with E-state index in [9.17, 15) is 16.8 Å². The van der Waals surface area contributed by atoms with E-state index in [0.717, 1.165) is 6.07 Å². The molecule has 0 radical (unpaired) electrons. The topological polar surface area (TPSA) is 97.5 Å². The fourth-order valence-electron chi connectivity index (χ4n) is 1.74. The van der Waals surface area contributed by atoms with Gasteiger partial charge in [0.25, 0.3) is 0 Å². The van der Waals surface area contributed by atoms with Gasteiger partial charge in [0, 0.05) is 13.6 Å². The standard InChI is InChI=1S/C12H20N2O4S2/c1-12(2,3)9-14(4)20(17,18)11-7-5-6-10(8-11)19(13,15)16/h5-8H,9H2,1-4H3,(H2,13,15,16). The lowest BCUT2D eigenvalue weighted by atomic mass is 9.97. The molecule has 6 nitrogen and oxygen atoms in total. The second-order valence-electron chi connectivity index (χ2n) is 5.84. The average Bonchev–Trinajstić information content (AvgIpc) is 2.25. The minimum absolute atomic E-state index is 0.0872. The van der Waals surface area contributed by atoms with Crippen LogP contribution in [0.4, 0.5) is 0 Å². The summed E-state index contributed by atoms with van der Waals surface area (Å²) in [6.45, 7) is 6.06. The zero-order chi connectivity index (χ0) is 15.8. The first-order valence-electron chi connectivity index (χ1n) is 5.93. The first kappa shape index (κ1) is 17.1.